The van der Waals surface area contributed by atoms with E-state index in [1.807, 2.05) is 18.2 Å². The Morgan fingerprint density at radius 1 is 1.11 bits per heavy atom. The number of nitrogens with two attached hydrogens (primary N) is 1. The van der Waals surface area contributed by atoms with Crippen molar-refractivity contribution >= 4 is 11.5 Å². The number of nitrogens with one attached hydrogen (secondary N) is 1. The van der Waals surface area contributed by atoms with E-state index in [2.05, 4.69) is 53.5 Å². The molecule has 1 saturated heterocycles. The van der Waals surface area contributed by atoms with Gasteiger partial charge < -0.3 is 15.8 Å². The Balaban J connectivity index is 1.64. The number of benzene rings is 2. The molecule has 2 aromatic carbocycles. The molecule has 2 aromatic rings. The zero-order valence-electron chi connectivity index (χ0n) is 15.9. The lowest BCUT2D eigenvalue weighted by Gasteiger charge is -2.49. The van der Waals surface area contributed by atoms with E-state index in [4.69, 9.17) is 15.5 Å². The molecule has 5 heteroatoms. The largest absolute Gasteiger partial charge is 0.383 e. The Morgan fingerprint density at radius 2 is 1.81 bits per heavy atom. The number of amidine groups is 1. The smallest absolute Gasteiger partial charge is 0.192 e. The lowest BCUT2D eigenvalue weighted by atomic mass is 9.91. The van der Waals surface area contributed by atoms with E-state index >= 15 is 0 Å². The normalized spacial score (nSPS) is 23.8. The summed E-state index contributed by atoms with van der Waals surface area (Å²) in [5, 5.41) is 3.75. The van der Waals surface area contributed by atoms with Gasteiger partial charge in [-0.25, -0.2) is 4.99 Å². The summed E-state index contributed by atoms with van der Waals surface area (Å²) in [5.41, 5.74) is 9.82. The molecule has 0 spiro atoms. The minimum atomic E-state index is -0.531. The molecule has 142 valence electrons. The van der Waals surface area contributed by atoms with Crippen molar-refractivity contribution in [2.24, 2.45) is 16.6 Å². The van der Waals surface area contributed by atoms with Crippen molar-refractivity contribution in [1.82, 2.24) is 4.90 Å². The molecule has 0 aromatic heterocycles. The van der Waals surface area contributed by atoms with Crippen molar-refractivity contribution in [1.29, 1.82) is 0 Å². The van der Waals surface area contributed by atoms with E-state index in [0.29, 0.717) is 5.84 Å². The van der Waals surface area contributed by atoms with Crippen LogP contribution in [0.1, 0.15) is 24.5 Å². The molecule has 0 amide bonds. The summed E-state index contributed by atoms with van der Waals surface area (Å²) in [5.74, 6) is 0.363. The predicted octanol–water partition coefficient (Wildman–Crippen LogP) is 3.07. The summed E-state index contributed by atoms with van der Waals surface area (Å²) < 4.78 is 5.59. The Bertz CT molecular complexity index is 801. The topological polar surface area (TPSA) is 62.9 Å². The number of ether oxygens (including phenoxy) is 1. The van der Waals surface area contributed by atoms with Crippen molar-refractivity contribution in [2.45, 2.75) is 25.6 Å². The number of rotatable bonds is 5. The van der Waals surface area contributed by atoms with Crippen LogP contribution in [0.2, 0.25) is 0 Å². The van der Waals surface area contributed by atoms with Gasteiger partial charge in [-0.15, -0.1) is 0 Å². The molecule has 0 aliphatic carbocycles. The summed E-state index contributed by atoms with van der Waals surface area (Å²) in [6, 6.07) is 18.8. The molecule has 2 heterocycles. The first-order valence-corrected chi connectivity index (χ1v) is 9.79. The average molecular weight is 364 g/mol. The molecular formula is C22H28N4O. The third-order valence-corrected chi connectivity index (χ3v) is 5.70. The number of anilines is 1. The highest BCUT2D eigenvalue weighted by Gasteiger charge is 2.44. The molecule has 1 fully saturated rings. The van der Waals surface area contributed by atoms with Crippen molar-refractivity contribution in [3.05, 3.63) is 65.7 Å². The first kappa shape index (κ1) is 18.0. The van der Waals surface area contributed by atoms with Crippen molar-refractivity contribution in [3.63, 3.8) is 0 Å². The van der Waals surface area contributed by atoms with Gasteiger partial charge in [-0.3, -0.25) is 4.90 Å². The molecule has 3 N–H and O–H groups in total. The second-order valence-electron chi connectivity index (χ2n) is 7.42. The van der Waals surface area contributed by atoms with Crippen LogP contribution in [0, 0.1) is 5.92 Å². The van der Waals surface area contributed by atoms with Crippen LogP contribution < -0.4 is 11.1 Å². The van der Waals surface area contributed by atoms with Crippen molar-refractivity contribution in [2.75, 3.05) is 31.6 Å². The van der Waals surface area contributed by atoms with Gasteiger partial charge in [0, 0.05) is 30.3 Å². The van der Waals surface area contributed by atoms with E-state index in [1.54, 1.807) is 0 Å². The van der Waals surface area contributed by atoms with Gasteiger partial charge in [-0.05, 0) is 30.5 Å². The van der Waals surface area contributed by atoms with E-state index < -0.39 is 5.79 Å². The van der Waals surface area contributed by atoms with Crippen molar-refractivity contribution < 1.29 is 4.74 Å². The SMILES string of the molecule is CC(CCc1ccccc1)C1(N2CCOCC2)N=C(N)c2ccccc2N1. The summed E-state index contributed by atoms with van der Waals surface area (Å²) in [4.78, 5) is 7.44. The standard InChI is InChI=1S/C22H28N4O/c1-17(11-12-18-7-3-2-4-8-18)22(26-13-15-27-16-14-26)24-20-10-6-5-9-19(20)21(23)25-22/h2-10,17,24H,11-16H2,1H3,(H2,23,25). The minimum Gasteiger partial charge on any atom is -0.383 e. The summed E-state index contributed by atoms with van der Waals surface area (Å²) in [6.45, 7) is 5.43. The van der Waals surface area contributed by atoms with Gasteiger partial charge in [-0.1, -0.05) is 49.4 Å². The van der Waals surface area contributed by atoms with Gasteiger partial charge in [0.15, 0.2) is 5.79 Å². The van der Waals surface area contributed by atoms with Crippen LogP contribution in [-0.4, -0.2) is 42.8 Å². The van der Waals surface area contributed by atoms with Gasteiger partial charge in [-0.2, -0.15) is 0 Å². The second kappa shape index (κ2) is 7.71. The maximum atomic E-state index is 6.43. The number of hydrogen-bond donors (Lipinski definition) is 2. The molecule has 0 radical (unpaired) electrons. The molecule has 4 rings (SSSR count). The van der Waals surface area contributed by atoms with Crippen LogP contribution in [0.3, 0.4) is 0 Å². The van der Waals surface area contributed by atoms with E-state index in [-0.39, 0.29) is 5.92 Å². The van der Waals surface area contributed by atoms with Crippen molar-refractivity contribution in [3.8, 4) is 0 Å². The molecule has 5 nitrogen and oxygen atoms in total. The molecule has 2 atom stereocenters. The monoisotopic (exact) mass is 364 g/mol. The fourth-order valence-corrected chi connectivity index (χ4v) is 4.11. The number of nitrogens with zero attached hydrogens (tertiary/aromatic N) is 2. The van der Waals surface area contributed by atoms with Crippen LogP contribution in [-0.2, 0) is 11.2 Å². The van der Waals surface area contributed by atoms with Crippen LogP contribution in [0.25, 0.3) is 0 Å². The highest BCUT2D eigenvalue weighted by atomic mass is 16.5. The Kier molecular flexibility index (Phi) is 5.14. The lowest BCUT2D eigenvalue weighted by Crippen LogP contribution is -2.62. The van der Waals surface area contributed by atoms with Crippen LogP contribution in [0.15, 0.2) is 59.6 Å². The van der Waals surface area contributed by atoms with E-state index in [1.165, 1.54) is 5.56 Å². The Hall–Kier alpha value is -2.37. The molecule has 2 unspecified atom stereocenters. The summed E-state index contributed by atoms with van der Waals surface area (Å²) in [7, 11) is 0. The molecule has 27 heavy (non-hydrogen) atoms. The third-order valence-electron chi connectivity index (χ3n) is 5.70. The zero-order valence-corrected chi connectivity index (χ0v) is 15.9. The van der Waals surface area contributed by atoms with E-state index in [0.717, 1.165) is 50.4 Å². The fraction of sp³-hybridized carbons (Fsp3) is 0.409. The molecule has 2 aliphatic heterocycles. The van der Waals surface area contributed by atoms with Crippen LogP contribution >= 0.6 is 0 Å². The minimum absolute atomic E-state index is 0.280. The van der Waals surface area contributed by atoms with Gasteiger partial charge in [0.05, 0.1) is 13.2 Å². The van der Waals surface area contributed by atoms with Gasteiger partial charge in [0.25, 0.3) is 0 Å². The number of para-hydroxylation sites is 1. The number of hydrogen-bond acceptors (Lipinski definition) is 5. The maximum Gasteiger partial charge on any atom is 0.192 e. The first-order valence-electron chi connectivity index (χ1n) is 9.79. The zero-order chi connectivity index (χ0) is 18.7. The quantitative estimate of drug-likeness (QED) is 0.856. The number of aryl methyl sites for hydroxylation is 1. The second-order valence-corrected chi connectivity index (χ2v) is 7.42. The Morgan fingerprint density at radius 3 is 2.59 bits per heavy atom. The Labute approximate surface area is 161 Å². The summed E-state index contributed by atoms with van der Waals surface area (Å²) in [6.07, 6.45) is 2.04. The van der Waals surface area contributed by atoms with Crippen LogP contribution in [0.5, 0.6) is 0 Å². The number of aliphatic imine (C=N–C) groups is 1. The number of fused-ring (bicyclic) bond motifs is 1. The van der Waals surface area contributed by atoms with Gasteiger partial charge in [0.1, 0.15) is 5.84 Å². The molecule has 0 bridgehead atoms. The fourth-order valence-electron chi connectivity index (χ4n) is 4.11. The van der Waals surface area contributed by atoms with E-state index in [9.17, 15) is 0 Å². The average Bonchev–Trinajstić information content (AvgIpc) is 2.73. The predicted molar refractivity (Wildman–Crippen MR) is 110 cm³/mol. The van der Waals surface area contributed by atoms with Gasteiger partial charge in [0.2, 0.25) is 0 Å². The molecular weight excluding hydrogens is 336 g/mol. The first-order chi connectivity index (χ1) is 13.2. The maximum absolute atomic E-state index is 6.43. The van der Waals surface area contributed by atoms with Gasteiger partial charge >= 0.3 is 0 Å². The highest BCUT2D eigenvalue weighted by molar-refractivity contribution is 6.04. The highest BCUT2D eigenvalue weighted by Crippen LogP contribution is 2.37. The third kappa shape index (κ3) is 3.57. The molecule has 2 aliphatic rings. The molecule has 0 saturated carbocycles. The lowest BCUT2D eigenvalue weighted by molar-refractivity contribution is -0.0305. The summed E-state index contributed by atoms with van der Waals surface area (Å²) >= 11 is 0. The number of morpholine rings is 1. The van der Waals surface area contributed by atoms with Crippen LogP contribution in [0.4, 0.5) is 5.69 Å².